The Morgan fingerprint density at radius 2 is 1.86 bits per heavy atom. The van der Waals surface area contributed by atoms with Crippen LogP contribution in [0.3, 0.4) is 0 Å². The first-order valence-electron chi connectivity index (χ1n) is 5.83. The van der Waals surface area contributed by atoms with E-state index in [1.54, 1.807) is 12.1 Å². The molecule has 0 aromatic heterocycles. The monoisotopic (exact) mass is 373 g/mol. The topological polar surface area (TPSA) is 64.6 Å². The average Bonchev–Trinajstić information content (AvgIpc) is 2.88. The summed E-state index contributed by atoms with van der Waals surface area (Å²) < 4.78 is 50.7. The van der Waals surface area contributed by atoms with Gasteiger partial charge in [-0.25, -0.2) is 12.8 Å². The highest BCUT2D eigenvalue weighted by molar-refractivity contribution is 9.10. The van der Waals surface area contributed by atoms with Crippen LogP contribution in [-0.4, -0.2) is 15.2 Å². The van der Waals surface area contributed by atoms with Crippen molar-refractivity contribution in [1.82, 2.24) is 0 Å². The number of benzene rings is 2. The molecule has 0 aliphatic carbocycles. The normalized spacial score (nSPS) is 13.2. The van der Waals surface area contributed by atoms with Crippen molar-refractivity contribution in [2.75, 3.05) is 11.5 Å². The zero-order valence-electron chi connectivity index (χ0n) is 10.5. The van der Waals surface area contributed by atoms with Crippen LogP contribution in [-0.2, 0) is 10.0 Å². The maximum Gasteiger partial charge on any atom is 0.261 e. The highest BCUT2D eigenvalue weighted by Gasteiger charge is 2.19. The lowest BCUT2D eigenvalue weighted by atomic mass is 10.3. The van der Waals surface area contributed by atoms with E-state index in [4.69, 9.17) is 9.47 Å². The molecule has 0 spiro atoms. The van der Waals surface area contributed by atoms with Crippen LogP contribution >= 0.6 is 15.9 Å². The van der Waals surface area contributed by atoms with Crippen molar-refractivity contribution in [3.63, 3.8) is 0 Å². The molecule has 0 saturated carbocycles. The Balaban J connectivity index is 1.90. The Hall–Kier alpha value is -1.80. The van der Waals surface area contributed by atoms with Crippen LogP contribution in [0.1, 0.15) is 0 Å². The van der Waals surface area contributed by atoms with Crippen molar-refractivity contribution in [3.05, 3.63) is 46.7 Å². The van der Waals surface area contributed by atoms with Crippen molar-refractivity contribution in [2.24, 2.45) is 0 Å². The lowest BCUT2D eigenvalue weighted by Gasteiger charge is -2.09. The molecular formula is C13H9BrFNO4S. The maximum atomic E-state index is 13.5. The summed E-state index contributed by atoms with van der Waals surface area (Å²) in [6.07, 6.45) is 0. The van der Waals surface area contributed by atoms with Crippen molar-refractivity contribution in [2.45, 2.75) is 4.90 Å². The minimum absolute atomic E-state index is 0.101. The molecule has 0 bridgehead atoms. The van der Waals surface area contributed by atoms with Gasteiger partial charge in [-0.3, -0.25) is 4.72 Å². The molecule has 0 radical (unpaired) electrons. The molecule has 1 N–H and O–H groups in total. The number of ether oxygens (including phenoxy) is 2. The summed E-state index contributed by atoms with van der Waals surface area (Å²) in [7, 11) is -3.88. The summed E-state index contributed by atoms with van der Waals surface area (Å²) in [6.45, 7) is 0.101. The minimum atomic E-state index is -3.88. The summed E-state index contributed by atoms with van der Waals surface area (Å²) in [5.41, 5.74) is 0.308. The summed E-state index contributed by atoms with van der Waals surface area (Å²) >= 11 is 2.98. The van der Waals surface area contributed by atoms with Gasteiger partial charge in [0, 0.05) is 6.07 Å². The molecule has 0 amide bonds. The van der Waals surface area contributed by atoms with Gasteiger partial charge in [0.1, 0.15) is 5.82 Å². The fourth-order valence-electron chi connectivity index (χ4n) is 1.82. The van der Waals surface area contributed by atoms with Crippen molar-refractivity contribution < 1.29 is 22.3 Å². The molecule has 1 heterocycles. The predicted octanol–water partition coefficient (Wildman–Crippen LogP) is 3.12. The van der Waals surface area contributed by atoms with Crippen LogP contribution in [0.5, 0.6) is 11.5 Å². The number of hydrogen-bond acceptors (Lipinski definition) is 4. The van der Waals surface area contributed by atoms with E-state index in [9.17, 15) is 12.8 Å². The van der Waals surface area contributed by atoms with Gasteiger partial charge in [-0.2, -0.15) is 0 Å². The zero-order chi connectivity index (χ0) is 15.0. The first kappa shape index (κ1) is 14.2. The molecule has 8 heteroatoms. The van der Waals surface area contributed by atoms with Crippen LogP contribution in [0.2, 0.25) is 0 Å². The van der Waals surface area contributed by atoms with E-state index < -0.39 is 15.8 Å². The predicted molar refractivity (Wildman–Crippen MR) is 77.5 cm³/mol. The molecule has 1 aliphatic rings. The highest BCUT2D eigenvalue weighted by Crippen LogP contribution is 2.34. The molecule has 0 fully saturated rings. The smallest absolute Gasteiger partial charge is 0.261 e. The fraction of sp³-hybridized carbons (Fsp3) is 0.0769. The Labute approximate surface area is 128 Å². The standard InChI is InChI=1S/C13H9BrFNO4S/c14-10-3-2-9(6-11(10)15)21(17,18)16-8-1-4-12-13(5-8)20-7-19-12/h1-6,16H,7H2. The molecule has 2 aromatic rings. The largest absolute Gasteiger partial charge is 0.454 e. The van der Waals surface area contributed by atoms with Gasteiger partial charge in [0.15, 0.2) is 11.5 Å². The number of anilines is 1. The van der Waals surface area contributed by atoms with Crippen LogP contribution in [0, 0.1) is 5.82 Å². The summed E-state index contributed by atoms with van der Waals surface area (Å²) in [4.78, 5) is -0.166. The quantitative estimate of drug-likeness (QED) is 0.897. The first-order chi connectivity index (χ1) is 9.95. The molecular weight excluding hydrogens is 365 g/mol. The Kier molecular flexibility index (Phi) is 3.50. The van der Waals surface area contributed by atoms with Gasteiger partial charge in [-0.1, -0.05) is 0 Å². The molecule has 110 valence electrons. The van der Waals surface area contributed by atoms with Gasteiger partial charge < -0.3 is 9.47 Å². The van der Waals surface area contributed by atoms with E-state index in [1.165, 1.54) is 18.2 Å². The minimum Gasteiger partial charge on any atom is -0.454 e. The number of halogens is 2. The van der Waals surface area contributed by atoms with Gasteiger partial charge in [0.25, 0.3) is 10.0 Å². The average molecular weight is 374 g/mol. The lowest BCUT2D eigenvalue weighted by Crippen LogP contribution is -2.13. The number of sulfonamides is 1. The van der Waals surface area contributed by atoms with E-state index in [1.807, 2.05) is 0 Å². The second kappa shape index (κ2) is 5.19. The van der Waals surface area contributed by atoms with Crippen LogP contribution in [0.4, 0.5) is 10.1 Å². The first-order valence-corrected chi connectivity index (χ1v) is 8.11. The maximum absolute atomic E-state index is 13.5. The Morgan fingerprint density at radius 1 is 1.10 bits per heavy atom. The van der Waals surface area contributed by atoms with Crippen LogP contribution in [0.15, 0.2) is 45.8 Å². The molecule has 2 aromatic carbocycles. The van der Waals surface area contributed by atoms with Crippen LogP contribution in [0.25, 0.3) is 0 Å². The van der Waals surface area contributed by atoms with Gasteiger partial charge >= 0.3 is 0 Å². The SMILES string of the molecule is O=S(=O)(Nc1ccc2c(c1)OCO2)c1ccc(Br)c(F)c1. The van der Waals surface area contributed by atoms with E-state index in [0.717, 1.165) is 6.07 Å². The van der Waals surface area contributed by atoms with E-state index in [-0.39, 0.29) is 16.2 Å². The molecule has 0 saturated heterocycles. The van der Waals surface area contributed by atoms with E-state index in [0.29, 0.717) is 17.2 Å². The number of nitrogens with one attached hydrogen (secondary N) is 1. The van der Waals surface area contributed by atoms with Gasteiger partial charge in [-0.15, -0.1) is 0 Å². The molecule has 5 nitrogen and oxygen atoms in total. The molecule has 0 atom stereocenters. The van der Waals surface area contributed by atoms with Gasteiger partial charge in [-0.05, 0) is 46.3 Å². The number of fused-ring (bicyclic) bond motifs is 1. The lowest BCUT2D eigenvalue weighted by molar-refractivity contribution is 0.174. The third kappa shape index (κ3) is 2.81. The van der Waals surface area contributed by atoms with E-state index >= 15 is 0 Å². The van der Waals surface area contributed by atoms with Crippen molar-refractivity contribution in [1.29, 1.82) is 0 Å². The molecule has 3 rings (SSSR count). The Morgan fingerprint density at radius 3 is 2.62 bits per heavy atom. The number of rotatable bonds is 3. The van der Waals surface area contributed by atoms with E-state index in [2.05, 4.69) is 20.7 Å². The fourth-order valence-corrected chi connectivity index (χ4v) is 3.13. The summed E-state index contributed by atoms with van der Waals surface area (Å²) in [5.74, 6) is 0.355. The molecule has 21 heavy (non-hydrogen) atoms. The van der Waals surface area contributed by atoms with Crippen molar-refractivity contribution in [3.8, 4) is 11.5 Å². The van der Waals surface area contributed by atoms with Crippen molar-refractivity contribution >= 4 is 31.6 Å². The number of hydrogen-bond donors (Lipinski definition) is 1. The van der Waals surface area contributed by atoms with Gasteiger partial charge in [0.2, 0.25) is 6.79 Å². The van der Waals surface area contributed by atoms with Crippen LogP contribution < -0.4 is 14.2 Å². The second-order valence-electron chi connectivity index (χ2n) is 4.25. The second-order valence-corrected chi connectivity index (χ2v) is 6.79. The highest BCUT2D eigenvalue weighted by atomic mass is 79.9. The molecule has 0 unspecified atom stereocenters. The summed E-state index contributed by atoms with van der Waals surface area (Å²) in [6, 6.07) is 8.24. The molecule has 1 aliphatic heterocycles. The van der Waals surface area contributed by atoms with Gasteiger partial charge in [0.05, 0.1) is 15.1 Å². The summed E-state index contributed by atoms with van der Waals surface area (Å²) in [5, 5.41) is 0. The third-order valence-electron chi connectivity index (χ3n) is 2.83. The third-order valence-corrected chi connectivity index (χ3v) is 4.85. The Bertz CT molecular complexity index is 810. The zero-order valence-corrected chi connectivity index (χ0v) is 12.9.